The standard InChI is InChI=1S/C11H8N2O3S/c1-7(14)10-6-17-11(12-10)8-2-4-9(5-3-8)13(15)16/h2-6H,1H3. The third-order valence-corrected chi connectivity index (χ3v) is 3.08. The highest BCUT2D eigenvalue weighted by molar-refractivity contribution is 7.13. The molecule has 0 saturated heterocycles. The first-order chi connectivity index (χ1) is 8.08. The third kappa shape index (κ3) is 2.36. The summed E-state index contributed by atoms with van der Waals surface area (Å²) in [5, 5.41) is 12.9. The topological polar surface area (TPSA) is 73.1 Å². The van der Waals surface area contributed by atoms with Crippen molar-refractivity contribution in [3.05, 3.63) is 45.5 Å². The number of carbonyl (C=O) groups is 1. The molecule has 0 unspecified atom stereocenters. The van der Waals surface area contributed by atoms with Crippen LogP contribution in [0.3, 0.4) is 0 Å². The van der Waals surface area contributed by atoms with Gasteiger partial charge in [-0.3, -0.25) is 14.9 Å². The van der Waals surface area contributed by atoms with Gasteiger partial charge in [0.1, 0.15) is 10.7 Å². The predicted molar refractivity (Wildman–Crippen MR) is 64.2 cm³/mol. The molecule has 1 aromatic heterocycles. The predicted octanol–water partition coefficient (Wildman–Crippen LogP) is 2.92. The first-order valence-corrected chi connectivity index (χ1v) is 5.67. The minimum absolute atomic E-state index is 0.0390. The monoisotopic (exact) mass is 248 g/mol. The van der Waals surface area contributed by atoms with Crippen molar-refractivity contribution in [1.29, 1.82) is 0 Å². The Labute approximate surface area is 101 Å². The summed E-state index contributed by atoms with van der Waals surface area (Å²) in [7, 11) is 0. The second-order valence-corrected chi connectivity index (χ2v) is 4.26. The van der Waals surface area contributed by atoms with Crippen molar-refractivity contribution in [2.75, 3.05) is 0 Å². The number of carbonyl (C=O) groups excluding carboxylic acids is 1. The number of benzene rings is 1. The second-order valence-electron chi connectivity index (χ2n) is 3.40. The summed E-state index contributed by atoms with van der Waals surface area (Å²) >= 11 is 1.34. The maximum absolute atomic E-state index is 11.1. The van der Waals surface area contributed by atoms with E-state index in [1.165, 1.54) is 30.4 Å². The summed E-state index contributed by atoms with van der Waals surface area (Å²) in [5.41, 5.74) is 1.23. The quantitative estimate of drug-likeness (QED) is 0.475. The van der Waals surface area contributed by atoms with E-state index in [1.807, 2.05) is 0 Å². The van der Waals surface area contributed by atoms with Crippen molar-refractivity contribution in [2.24, 2.45) is 0 Å². The largest absolute Gasteiger partial charge is 0.293 e. The van der Waals surface area contributed by atoms with Gasteiger partial charge in [-0.1, -0.05) is 0 Å². The molecule has 86 valence electrons. The average Bonchev–Trinajstić information content (AvgIpc) is 2.78. The summed E-state index contributed by atoms with van der Waals surface area (Å²) in [6.45, 7) is 1.45. The fourth-order valence-electron chi connectivity index (χ4n) is 1.29. The summed E-state index contributed by atoms with van der Waals surface area (Å²) in [4.78, 5) is 25.3. The number of hydrogen-bond acceptors (Lipinski definition) is 5. The van der Waals surface area contributed by atoms with E-state index in [1.54, 1.807) is 17.5 Å². The molecule has 2 aromatic rings. The van der Waals surface area contributed by atoms with Gasteiger partial charge < -0.3 is 0 Å². The maximum atomic E-state index is 11.1. The number of nitro benzene ring substituents is 1. The zero-order valence-electron chi connectivity index (χ0n) is 8.91. The van der Waals surface area contributed by atoms with E-state index in [0.717, 1.165) is 5.56 Å². The molecule has 6 heteroatoms. The number of Topliss-reactive ketones (excluding diaryl/α,β-unsaturated/α-hetero) is 1. The lowest BCUT2D eigenvalue weighted by atomic mass is 10.2. The van der Waals surface area contributed by atoms with Crippen LogP contribution >= 0.6 is 11.3 Å². The van der Waals surface area contributed by atoms with E-state index in [4.69, 9.17) is 0 Å². The molecule has 0 aliphatic carbocycles. The van der Waals surface area contributed by atoms with Gasteiger partial charge in [-0.15, -0.1) is 11.3 Å². The van der Waals surface area contributed by atoms with Crippen molar-refractivity contribution in [1.82, 2.24) is 4.98 Å². The lowest BCUT2D eigenvalue weighted by Gasteiger charge is -1.95. The molecule has 17 heavy (non-hydrogen) atoms. The number of thiazole rings is 1. The minimum atomic E-state index is -0.452. The lowest BCUT2D eigenvalue weighted by Crippen LogP contribution is -1.91. The molecule has 0 aliphatic rings. The number of nitro groups is 1. The van der Waals surface area contributed by atoms with Crippen molar-refractivity contribution in [3.8, 4) is 10.6 Å². The van der Waals surface area contributed by atoms with Crippen LogP contribution in [0.4, 0.5) is 5.69 Å². The number of rotatable bonds is 3. The van der Waals surface area contributed by atoms with Gasteiger partial charge in [0.15, 0.2) is 5.78 Å². The van der Waals surface area contributed by atoms with Gasteiger partial charge in [-0.2, -0.15) is 0 Å². The van der Waals surface area contributed by atoms with Gasteiger partial charge in [0.25, 0.3) is 5.69 Å². The minimum Gasteiger partial charge on any atom is -0.293 e. The average molecular weight is 248 g/mol. The van der Waals surface area contributed by atoms with Crippen LogP contribution in [0.5, 0.6) is 0 Å². The van der Waals surface area contributed by atoms with E-state index >= 15 is 0 Å². The molecule has 0 fully saturated rings. The maximum Gasteiger partial charge on any atom is 0.269 e. The smallest absolute Gasteiger partial charge is 0.269 e. The van der Waals surface area contributed by atoms with E-state index in [9.17, 15) is 14.9 Å². The van der Waals surface area contributed by atoms with Crippen LogP contribution in [0.25, 0.3) is 10.6 Å². The molecule has 0 aliphatic heterocycles. The zero-order valence-corrected chi connectivity index (χ0v) is 9.73. The van der Waals surface area contributed by atoms with Crippen molar-refractivity contribution in [2.45, 2.75) is 6.92 Å². The first kappa shape index (κ1) is 11.4. The van der Waals surface area contributed by atoms with Gasteiger partial charge in [-0.25, -0.2) is 4.98 Å². The molecule has 0 radical (unpaired) electrons. The highest BCUT2D eigenvalue weighted by atomic mass is 32.1. The van der Waals surface area contributed by atoms with Crippen molar-refractivity contribution < 1.29 is 9.72 Å². The molecule has 0 spiro atoms. The molecule has 0 amide bonds. The van der Waals surface area contributed by atoms with Crippen molar-refractivity contribution >= 4 is 22.8 Å². The Morgan fingerprint density at radius 1 is 1.35 bits per heavy atom. The number of ketones is 1. The molecular weight excluding hydrogens is 240 g/mol. The molecule has 2 rings (SSSR count). The molecule has 1 aromatic carbocycles. The summed E-state index contributed by atoms with van der Waals surface area (Å²) in [6.07, 6.45) is 0. The van der Waals surface area contributed by atoms with Gasteiger partial charge in [0, 0.05) is 30.0 Å². The normalized spacial score (nSPS) is 10.2. The van der Waals surface area contributed by atoms with Crippen LogP contribution in [0.1, 0.15) is 17.4 Å². The van der Waals surface area contributed by atoms with Gasteiger partial charge in [0.05, 0.1) is 4.92 Å². The van der Waals surface area contributed by atoms with E-state index < -0.39 is 4.92 Å². The Kier molecular flexibility index (Phi) is 2.97. The third-order valence-electron chi connectivity index (χ3n) is 2.19. The van der Waals surface area contributed by atoms with E-state index in [2.05, 4.69) is 4.98 Å². The molecule has 5 nitrogen and oxygen atoms in total. The SMILES string of the molecule is CC(=O)c1csc(-c2ccc([N+](=O)[O-])cc2)n1. The number of non-ortho nitro benzene ring substituents is 1. The zero-order chi connectivity index (χ0) is 12.4. The first-order valence-electron chi connectivity index (χ1n) is 4.79. The molecule has 0 atom stereocenters. The number of aromatic nitrogens is 1. The number of hydrogen-bond donors (Lipinski definition) is 0. The highest BCUT2D eigenvalue weighted by Crippen LogP contribution is 2.25. The van der Waals surface area contributed by atoms with Gasteiger partial charge >= 0.3 is 0 Å². The van der Waals surface area contributed by atoms with Crippen LogP contribution in [0.2, 0.25) is 0 Å². The summed E-state index contributed by atoms with van der Waals surface area (Å²) in [5.74, 6) is -0.0885. The van der Waals surface area contributed by atoms with Crippen LogP contribution in [0.15, 0.2) is 29.6 Å². The van der Waals surface area contributed by atoms with Crippen LogP contribution < -0.4 is 0 Å². The van der Waals surface area contributed by atoms with Gasteiger partial charge in [0.2, 0.25) is 0 Å². The highest BCUT2D eigenvalue weighted by Gasteiger charge is 2.09. The van der Waals surface area contributed by atoms with Crippen LogP contribution in [0, 0.1) is 10.1 Å². The lowest BCUT2D eigenvalue weighted by molar-refractivity contribution is -0.384. The molecule has 0 saturated carbocycles. The van der Waals surface area contributed by atoms with E-state index in [0.29, 0.717) is 10.7 Å². The molecular formula is C11H8N2O3S. The Morgan fingerprint density at radius 2 is 2.00 bits per heavy atom. The summed E-state index contributed by atoms with van der Waals surface area (Å²) in [6, 6.07) is 6.09. The fraction of sp³-hybridized carbons (Fsp3) is 0.0909. The molecule has 1 heterocycles. The molecule has 0 N–H and O–H groups in total. The van der Waals surface area contributed by atoms with Crippen LogP contribution in [-0.2, 0) is 0 Å². The molecule has 0 bridgehead atoms. The van der Waals surface area contributed by atoms with Crippen molar-refractivity contribution in [3.63, 3.8) is 0 Å². The Balaban J connectivity index is 2.33. The Hall–Kier alpha value is -2.08. The Morgan fingerprint density at radius 3 is 2.47 bits per heavy atom. The summed E-state index contributed by atoms with van der Waals surface area (Å²) < 4.78 is 0. The Bertz CT molecular complexity index is 575. The van der Waals surface area contributed by atoms with Crippen LogP contribution in [-0.4, -0.2) is 15.7 Å². The van der Waals surface area contributed by atoms with Gasteiger partial charge in [-0.05, 0) is 12.1 Å². The number of nitrogens with zero attached hydrogens (tertiary/aromatic N) is 2. The second kappa shape index (κ2) is 4.42. The fourth-order valence-corrected chi connectivity index (χ4v) is 2.16. The van der Waals surface area contributed by atoms with E-state index in [-0.39, 0.29) is 11.5 Å².